The van der Waals surface area contributed by atoms with Crippen molar-refractivity contribution in [2.45, 2.75) is 6.92 Å². The molecular formula is C13H10N2O3. The van der Waals surface area contributed by atoms with E-state index in [0.717, 1.165) is 16.5 Å². The van der Waals surface area contributed by atoms with Gasteiger partial charge in [0.25, 0.3) is 0 Å². The number of nitrogens with zero attached hydrogens (tertiary/aromatic N) is 1. The third-order valence-electron chi connectivity index (χ3n) is 2.80. The molecule has 0 aliphatic rings. The molecule has 5 heteroatoms. The van der Waals surface area contributed by atoms with Gasteiger partial charge in [-0.2, -0.15) is 5.10 Å². The largest absolute Gasteiger partial charge is 0.476 e. The van der Waals surface area contributed by atoms with E-state index >= 15 is 0 Å². The maximum atomic E-state index is 10.8. The summed E-state index contributed by atoms with van der Waals surface area (Å²) in [6, 6.07) is 9.18. The highest BCUT2D eigenvalue weighted by Gasteiger charge is 2.13. The Labute approximate surface area is 102 Å². The van der Waals surface area contributed by atoms with Crippen molar-refractivity contribution in [3.8, 4) is 11.5 Å². The number of hydrogen-bond donors (Lipinski definition) is 2. The number of aromatic carboxylic acids is 1. The van der Waals surface area contributed by atoms with Crippen LogP contribution in [0, 0.1) is 6.92 Å². The first-order valence-electron chi connectivity index (χ1n) is 5.43. The molecule has 0 amide bonds. The molecule has 3 rings (SSSR count). The van der Waals surface area contributed by atoms with E-state index in [1.165, 1.54) is 6.07 Å². The first kappa shape index (κ1) is 10.6. The molecule has 2 N–H and O–H groups in total. The minimum absolute atomic E-state index is 0.0258. The summed E-state index contributed by atoms with van der Waals surface area (Å²) in [5.41, 5.74) is 2.38. The lowest BCUT2D eigenvalue weighted by molar-refractivity contribution is 0.0690. The smallest absolute Gasteiger partial charge is 0.356 e. The first-order chi connectivity index (χ1) is 8.65. The zero-order valence-electron chi connectivity index (χ0n) is 9.60. The van der Waals surface area contributed by atoms with E-state index in [-0.39, 0.29) is 5.69 Å². The highest BCUT2D eigenvalue weighted by atomic mass is 16.4. The van der Waals surface area contributed by atoms with Gasteiger partial charge in [0.05, 0.1) is 0 Å². The Kier molecular flexibility index (Phi) is 2.19. The highest BCUT2D eigenvalue weighted by molar-refractivity contribution is 5.88. The molecule has 0 aliphatic carbocycles. The van der Waals surface area contributed by atoms with Gasteiger partial charge in [0, 0.05) is 11.5 Å². The molecule has 90 valence electrons. The molecule has 0 bridgehead atoms. The first-order valence-corrected chi connectivity index (χ1v) is 5.43. The zero-order chi connectivity index (χ0) is 12.7. The molecule has 3 aromatic rings. The van der Waals surface area contributed by atoms with Crippen LogP contribution in [0.15, 0.2) is 34.7 Å². The Morgan fingerprint density at radius 2 is 2.22 bits per heavy atom. The average Bonchev–Trinajstić information content (AvgIpc) is 2.95. The molecule has 18 heavy (non-hydrogen) atoms. The Hall–Kier alpha value is -2.56. The third kappa shape index (κ3) is 1.57. The minimum Gasteiger partial charge on any atom is -0.476 e. The number of carboxylic acids is 1. The standard InChI is InChI=1S/C13H10N2O3/c1-7-3-2-4-8-5-11(18-12(7)8)9-6-10(13(16)17)15-14-9/h2-6H,1H3,(H,14,15)(H,16,17). The van der Waals surface area contributed by atoms with Crippen molar-refractivity contribution in [3.63, 3.8) is 0 Å². The molecule has 0 radical (unpaired) electrons. The molecule has 0 spiro atoms. The van der Waals surface area contributed by atoms with E-state index in [4.69, 9.17) is 9.52 Å². The number of carbonyl (C=O) groups is 1. The van der Waals surface area contributed by atoms with Crippen LogP contribution in [0.2, 0.25) is 0 Å². The lowest BCUT2D eigenvalue weighted by Crippen LogP contribution is -1.95. The van der Waals surface area contributed by atoms with Gasteiger partial charge in [-0.1, -0.05) is 18.2 Å². The molecule has 2 heterocycles. The number of nitrogens with one attached hydrogen (secondary N) is 1. The highest BCUT2D eigenvalue weighted by Crippen LogP contribution is 2.28. The van der Waals surface area contributed by atoms with Crippen LogP contribution in [-0.2, 0) is 0 Å². The second-order valence-electron chi connectivity index (χ2n) is 4.08. The Morgan fingerprint density at radius 1 is 1.39 bits per heavy atom. The normalized spacial score (nSPS) is 10.9. The second kappa shape index (κ2) is 3.73. The fourth-order valence-electron chi connectivity index (χ4n) is 1.90. The van der Waals surface area contributed by atoms with Gasteiger partial charge < -0.3 is 9.52 Å². The van der Waals surface area contributed by atoms with Gasteiger partial charge in [-0.05, 0) is 18.6 Å². The number of rotatable bonds is 2. The van der Waals surface area contributed by atoms with Gasteiger partial charge in [0.1, 0.15) is 11.3 Å². The number of hydrogen-bond acceptors (Lipinski definition) is 3. The topological polar surface area (TPSA) is 79.1 Å². The van der Waals surface area contributed by atoms with E-state index in [1.54, 1.807) is 0 Å². The molecule has 1 aromatic carbocycles. The molecule has 5 nitrogen and oxygen atoms in total. The number of furan rings is 1. The summed E-state index contributed by atoms with van der Waals surface area (Å²) in [6.07, 6.45) is 0. The summed E-state index contributed by atoms with van der Waals surface area (Å²) in [6.45, 7) is 1.96. The minimum atomic E-state index is -1.07. The second-order valence-corrected chi connectivity index (χ2v) is 4.08. The quantitative estimate of drug-likeness (QED) is 0.724. The molecule has 0 aliphatic heterocycles. The summed E-state index contributed by atoms with van der Waals surface area (Å²) in [5.74, 6) is -0.482. The maximum Gasteiger partial charge on any atom is 0.356 e. The van der Waals surface area contributed by atoms with Gasteiger partial charge in [0.2, 0.25) is 0 Å². The van der Waals surface area contributed by atoms with E-state index in [9.17, 15) is 4.79 Å². The number of aromatic amines is 1. The van der Waals surface area contributed by atoms with Crippen molar-refractivity contribution >= 4 is 16.9 Å². The third-order valence-corrected chi connectivity index (χ3v) is 2.80. The Balaban J connectivity index is 2.13. The van der Waals surface area contributed by atoms with Gasteiger partial charge in [-0.15, -0.1) is 0 Å². The number of aryl methyl sites for hydroxylation is 1. The number of fused-ring (bicyclic) bond motifs is 1. The summed E-state index contributed by atoms with van der Waals surface area (Å²) in [5, 5.41) is 16.2. The van der Waals surface area contributed by atoms with Crippen LogP contribution in [0.1, 0.15) is 16.1 Å². The van der Waals surface area contributed by atoms with Crippen molar-refractivity contribution in [2.75, 3.05) is 0 Å². The van der Waals surface area contributed by atoms with Crippen LogP contribution >= 0.6 is 0 Å². The lowest BCUT2D eigenvalue weighted by Gasteiger charge is -1.92. The van der Waals surface area contributed by atoms with Crippen LogP contribution in [0.5, 0.6) is 0 Å². The zero-order valence-corrected chi connectivity index (χ0v) is 9.60. The van der Waals surface area contributed by atoms with E-state index in [0.29, 0.717) is 11.5 Å². The monoisotopic (exact) mass is 242 g/mol. The molecule has 0 unspecified atom stereocenters. The van der Waals surface area contributed by atoms with Gasteiger partial charge in [0.15, 0.2) is 11.5 Å². The summed E-state index contributed by atoms with van der Waals surface area (Å²) < 4.78 is 5.71. The van der Waals surface area contributed by atoms with Crippen LogP contribution in [-0.4, -0.2) is 21.3 Å². The number of para-hydroxylation sites is 1. The van der Waals surface area contributed by atoms with Crippen LogP contribution in [0.4, 0.5) is 0 Å². The number of H-pyrrole nitrogens is 1. The van der Waals surface area contributed by atoms with Crippen molar-refractivity contribution in [1.82, 2.24) is 10.2 Å². The number of carboxylic acid groups (broad SMARTS) is 1. The van der Waals surface area contributed by atoms with Crippen molar-refractivity contribution in [1.29, 1.82) is 0 Å². The van der Waals surface area contributed by atoms with Crippen molar-refractivity contribution in [3.05, 3.63) is 41.6 Å². The van der Waals surface area contributed by atoms with Crippen molar-refractivity contribution in [2.24, 2.45) is 0 Å². The van der Waals surface area contributed by atoms with Crippen LogP contribution in [0.25, 0.3) is 22.4 Å². The Bertz CT molecular complexity index is 740. The summed E-state index contributed by atoms with van der Waals surface area (Å²) in [7, 11) is 0. The molecule has 0 fully saturated rings. The summed E-state index contributed by atoms with van der Waals surface area (Å²) >= 11 is 0. The molecule has 2 aromatic heterocycles. The maximum absolute atomic E-state index is 10.8. The average molecular weight is 242 g/mol. The van der Waals surface area contributed by atoms with E-state index in [1.807, 2.05) is 31.2 Å². The van der Waals surface area contributed by atoms with Gasteiger partial charge in [-0.25, -0.2) is 4.79 Å². The lowest BCUT2D eigenvalue weighted by atomic mass is 10.2. The van der Waals surface area contributed by atoms with E-state index in [2.05, 4.69) is 10.2 Å². The summed E-state index contributed by atoms with van der Waals surface area (Å²) in [4.78, 5) is 10.8. The molecule has 0 saturated heterocycles. The number of benzene rings is 1. The SMILES string of the molecule is Cc1cccc2cc(-c3cc(C(=O)O)n[nH]3)oc12. The van der Waals surface area contributed by atoms with Crippen LogP contribution < -0.4 is 0 Å². The Morgan fingerprint density at radius 3 is 2.89 bits per heavy atom. The number of aromatic nitrogens is 2. The van der Waals surface area contributed by atoms with Crippen molar-refractivity contribution < 1.29 is 14.3 Å². The molecule has 0 atom stereocenters. The molecular weight excluding hydrogens is 232 g/mol. The fraction of sp³-hybridized carbons (Fsp3) is 0.0769. The molecule has 0 saturated carbocycles. The fourth-order valence-corrected chi connectivity index (χ4v) is 1.90. The van der Waals surface area contributed by atoms with Crippen LogP contribution in [0.3, 0.4) is 0 Å². The predicted molar refractivity (Wildman–Crippen MR) is 65.5 cm³/mol. The van der Waals surface area contributed by atoms with Gasteiger partial charge >= 0.3 is 5.97 Å². The predicted octanol–water partition coefficient (Wildman–Crippen LogP) is 2.83. The van der Waals surface area contributed by atoms with Gasteiger partial charge in [-0.3, -0.25) is 5.10 Å². The van der Waals surface area contributed by atoms with E-state index < -0.39 is 5.97 Å².